The number of hydrogen-bond acceptors (Lipinski definition) is 1. The molecule has 0 saturated carbocycles. The van der Waals surface area contributed by atoms with Gasteiger partial charge in [0.2, 0.25) is 0 Å². The van der Waals surface area contributed by atoms with Gasteiger partial charge in [0.05, 0.1) is 7.92 Å². The van der Waals surface area contributed by atoms with Crippen molar-refractivity contribution in [1.82, 2.24) is 0 Å². The van der Waals surface area contributed by atoms with Gasteiger partial charge >= 0.3 is 73.4 Å². The van der Waals surface area contributed by atoms with E-state index >= 15 is 0 Å². The molecule has 43 heavy (non-hydrogen) atoms. The van der Waals surface area contributed by atoms with Gasteiger partial charge in [-0.3, -0.25) is 0 Å². The minimum Gasteiger partial charge on any atom is -0.0620 e. The number of benzene rings is 5. The van der Waals surface area contributed by atoms with E-state index in [1.54, 1.807) is 0 Å². The summed E-state index contributed by atoms with van der Waals surface area (Å²) in [4.78, 5) is 2.41. The third-order valence-electron chi connectivity index (χ3n) is 7.06. The maximum atomic E-state index is 5.67. The molecule has 5 aromatic rings. The summed E-state index contributed by atoms with van der Waals surface area (Å²) >= 11 is -1.61. The summed E-state index contributed by atoms with van der Waals surface area (Å²) in [7, 11) is 10.5. The zero-order valence-electron chi connectivity index (χ0n) is 25.0. The average molecular weight is 714 g/mol. The van der Waals surface area contributed by atoms with Gasteiger partial charge < -0.3 is 4.90 Å². The van der Waals surface area contributed by atoms with Gasteiger partial charge in [-0.25, -0.2) is 6.54 Å². The summed E-state index contributed by atoms with van der Waals surface area (Å²) in [5.41, 5.74) is 6.71. The van der Waals surface area contributed by atoms with Crippen LogP contribution in [-0.4, -0.2) is 11.2 Å². The SMILES string of the molecule is Cc1cc(C)c(N2[CH-]CCC2)c(C)c1.[Cl][Ru]([Cl])=[CH]c1ccccc1.c1ccc([PH+](c2ccccc2)c2ccccc2)cc1. The first-order valence-electron chi connectivity index (χ1n) is 14.5. The second-order valence-electron chi connectivity index (χ2n) is 10.5. The van der Waals surface area contributed by atoms with Crippen LogP contribution in [0.4, 0.5) is 5.69 Å². The van der Waals surface area contributed by atoms with Crippen LogP contribution in [0.25, 0.3) is 0 Å². The second-order valence-corrected chi connectivity index (χ2v) is 18.7. The van der Waals surface area contributed by atoms with Crippen LogP contribution in [0, 0.1) is 27.3 Å². The minimum absolute atomic E-state index is 0.877. The molecule has 0 atom stereocenters. The van der Waals surface area contributed by atoms with E-state index in [9.17, 15) is 0 Å². The van der Waals surface area contributed by atoms with Crippen molar-refractivity contribution in [3.8, 4) is 0 Å². The van der Waals surface area contributed by atoms with E-state index < -0.39 is 21.4 Å². The Hall–Kier alpha value is -2.60. The first-order chi connectivity index (χ1) is 20.9. The first kappa shape index (κ1) is 33.3. The number of nitrogens with zero attached hydrogens (tertiary/aromatic N) is 1. The monoisotopic (exact) mass is 713 g/mol. The number of halogens is 2. The van der Waals surface area contributed by atoms with Crippen molar-refractivity contribution in [2.75, 3.05) is 11.4 Å². The van der Waals surface area contributed by atoms with Gasteiger partial charge in [-0.05, 0) is 74.8 Å². The van der Waals surface area contributed by atoms with Crippen molar-refractivity contribution in [3.63, 3.8) is 0 Å². The molecule has 1 nitrogen and oxygen atoms in total. The Morgan fingerprint density at radius 2 is 1.07 bits per heavy atom. The van der Waals surface area contributed by atoms with Crippen molar-refractivity contribution >= 4 is 53.5 Å². The van der Waals surface area contributed by atoms with Crippen LogP contribution in [0.3, 0.4) is 0 Å². The molecular weight excluding hydrogens is 673 g/mol. The maximum absolute atomic E-state index is 5.67. The molecule has 0 spiro atoms. The molecule has 0 N–H and O–H groups in total. The average Bonchev–Trinajstić information content (AvgIpc) is 3.54. The van der Waals surface area contributed by atoms with Crippen molar-refractivity contribution in [2.45, 2.75) is 33.6 Å². The van der Waals surface area contributed by atoms with Crippen LogP contribution < -0.4 is 20.8 Å². The second kappa shape index (κ2) is 17.6. The summed E-state index contributed by atoms with van der Waals surface area (Å²) in [6, 6.07) is 46.9. The quantitative estimate of drug-likeness (QED) is 0.0998. The standard InChI is InChI=1S/C18H15P.C13H18N.C7H6.2ClH.Ru/c1-4-10-16(11-5-1)19(17-12-6-2-7-13-17)18-14-8-3-9-15-18;1-10-8-11(2)13(12(3)9-10)14-6-4-5-7-14;1-7-5-3-2-4-6-7;;;/h1-15H;6,8-9H,4-5,7H2,1-3H3;1-6H;2*1H;/q;-1;;;;+2/p-1. The number of hydrogen-bond donors (Lipinski definition) is 0. The van der Waals surface area contributed by atoms with E-state index in [1.807, 2.05) is 34.9 Å². The Kier molecular flexibility index (Phi) is 13.7. The molecule has 1 aliphatic rings. The summed E-state index contributed by atoms with van der Waals surface area (Å²) < 4.78 is 1.92. The molecule has 0 amide bonds. The van der Waals surface area contributed by atoms with E-state index in [2.05, 4.69) is 135 Å². The zero-order chi connectivity index (χ0) is 30.4. The van der Waals surface area contributed by atoms with Crippen LogP contribution >= 0.6 is 27.3 Å². The Morgan fingerprint density at radius 1 is 0.651 bits per heavy atom. The maximum Gasteiger partial charge on any atom is 0.102 e. The molecule has 0 aromatic heterocycles. The molecule has 0 aliphatic carbocycles. The summed E-state index contributed by atoms with van der Waals surface area (Å²) in [6.07, 6.45) is 2.53. The molecule has 0 radical (unpaired) electrons. The number of anilines is 1. The zero-order valence-corrected chi connectivity index (χ0v) is 29.3. The molecular formula is C38H40Cl2NPRu. The number of rotatable bonds is 5. The van der Waals surface area contributed by atoms with Gasteiger partial charge in [0, 0.05) is 5.69 Å². The van der Waals surface area contributed by atoms with Crippen molar-refractivity contribution in [1.29, 1.82) is 0 Å². The molecule has 1 heterocycles. The summed E-state index contributed by atoms with van der Waals surface area (Å²) in [6.45, 7) is 10.1. The van der Waals surface area contributed by atoms with Crippen LogP contribution in [0.15, 0.2) is 133 Å². The van der Waals surface area contributed by atoms with Crippen molar-refractivity contribution in [3.05, 3.63) is 162 Å². The molecule has 1 fully saturated rings. The molecule has 1 saturated heterocycles. The molecule has 224 valence electrons. The van der Waals surface area contributed by atoms with Crippen molar-refractivity contribution < 1.29 is 13.5 Å². The van der Waals surface area contributed by atoms with E-state index in [4.69, 9.17) is 19.4 Å². The molecule has 5 aromatic carbocycles. The largest absolute Gasteiger partial charge is 0.102 e. The van der Waals surface area contributed by atoms with Gasteiger partial charge in [-0.15, -0.1) is 0 Å². The summed E-state index contributed by atoms with van der Waals surface area (Å²) in [5.74, 6) is 0. The van der Waals surface area contributed by atoms with Gasteiger partial charge in [0.15, 0.2) is 0 Å². The third kappa shape index (κ3) is 10.5. The fraction of sp³-hybridized carbons (Fsp3) is 0.158. The van der Waals surface area contributed by atoms with Crippen LogP contribution in [0.1, 0.15) is 35.1 Å². The Morgan fingerprint density at radius 3 is 1.44 bits per heavy atom. The minimum atomic E-state index is -1.61. The Balaban J connectivity index is 0.000000156. The van der Waals surface area contributed by atoms with E-state index in [0.29, 0.717) is 0 Å². The topological polar surface area (TPSA) is 3.24 Å². The fourth-order valence-corrected chi connectivity index (χ4v) is 9.76. The smallest absolute Gasteiger partial charge is 0.0620 e. The first-order valence-corrected chi connectivity index (χ1v) is 21.5. The third-order valence-corrected chi connectivity index (χ3v) is 11.7. The van der Waals surface area contributed by atoms with Gasteiger partial charge in [0.25, 0.3) is 0 Å². The van der Waals surface area contributed by atoms with Gasteiger partial charge in [-0.2, -0.15) is 6.42 Å². The Labute approximate surface area is 272 Å². The van der Waals surface area contributed by atoms with Gasteiger partial charge in [0.1, 0.15) is 15.9 Å². The van der Waals surface area contributed by atoms with Crippen LogP contribution in [0.5, 0.6) is 0 Å². The van der Waals surface area contributed by atoms with E-state index in [1.165, 1.54) is 57.7 Å². The molecule has 6 rings (SSSR count). The predicted molar refractivity (Wildman–Crippen MR) is 191 cm³/mol. The number of aryl methyl sites for hydroxylation is 3. The fourth-order valence-electron chi connectivity index (χ4n) is 5.35. The molecule has 0 bridgehead atoms. The van der Waals surface area contributed by atoms with Gasteiger partial charge in [-0.1, -0.05) is 78.7 Å². The van der Waals surface area contributed by atoms with E-state index in [-0.39, 0.29) is 0 Å². The molecule has 0 unspecified atom stereocenters. The van der Waals surface area contributed by atoms with Crippen molar-refractivity contribution in [2.24, 2.45) is 0 Å². The van der Waals surface area contributed by atoms with E-state index in [0.717, 1.165) is 5.56 Å². The normalized spacial score (nSPS) is 12.5. The summed E-state index contributed by atoms with van der Waals surface area (Å²) in [5, 5.41) is 4.31. The van der Waals surface area contributed by atoms with Crippen LogP contribution in [-0.2, 0) is 13.5 Å². The molecule has 5 heteroatoms. The Bertz CT molecular complexity index is 1430. The molecule has 1 aliphatic heterocycles. The predicted octanol–water partition coefficient (Wildman–Crippen LogP) is 9.31. The van der Waals surface area contributed by atoms with Crippen LogP contribution in [0.2, 0.25) is 0 Å².